The third-order valence-corrected chi connectivity index (χ3v) is 3.83. The molecule has 2 fully saturated rings. The van der Waals surface area contributed by atoms with Crippen molar-refractivity contribution in [2.45, 2.75) is 46.0 Å². The van der Waals surface area contributed by atoms with Crippen LogP contribution in [-0.4, -0.2) is 0 Å². The van der Waals surface area contributed by atoms with Gasteiger partial charge in [0, 0.05) is 0 Å². The SMILES string of the molecule is CCCCC1CC(C)C2CC12. The van der Waals surface area contributed by atoms with Crippen molar-refractivity contribution in [3.8, 4) is 0 Å². The molecule has 0 spiro atoms. The van der Waals surface area contributed by atoms with E-state index in [2.05, 4.69) is 13.8 Å². The Kier molecular flexibility index (Phi) is 1.95. The van der Waals surface area contributed by atoms with Crippen molar-refractivity contribution in [2.24, 2.45) is 23.7 Å². The van der Waals surface area contributed by atoms with Crippen LogP contribution in [0.25, 0.3) is 0 Å². The van der Waals surface area contributed by atoms with E-state index in [1.165, 1.54) is 25.2 Å². The molecule has 4 atom stereocenters. The maximum atomic E-state index is 2.45. The molecule has 0 aliphatic heterocycles. The van der Waals surface area contributed by atoms with Crippen molar-refractivity contribution in [3.05, 3.63) is 0 Å². The van der Waals surface area contributed by atoms with Gasteiger partial charge in [-0.1, -0.05) is 33.1 Å². The highest BCUT2D eigenvalue weighted by Gasteiger charge is 2.51. The third-order valence-electron chi connectivity index (χ3n) is 3.83. The van der Waals surface area contributed by atoms with Gasteiger partial charge in [0.1, 0.15) is 0 Å². The minimum atomic E-state index is 1.07. The zero-order valence-electron chi connectivity index (χ0n) is 7.84. The Morgan fingerprint density at radius 2 is 2.00 bits per heavy atom. The summed E-state index contributed by atoms with van der Waals surface area (Å²) in [6.07, 6.45) is 7.52. The third kappa shape index (κ3) is 1.32. The number of hydrogen-bond acceptors (Lipinski definition) is 0. The summed E-state index contributed by atoms with van der Waals surface area (Å²) in [7, 11) is 0. The van der Waals surface area contributed by atoms with E-state index in [0.717, 1.165) is 17.8 Å². The van der Waals surface area contributed by atoms with Crippen LogP contribution in [0.2, 0.25) is 0 Å². The fourth-order valence-corrected chi connectivity index (χ4v) is 3.06. The molecule has 11 heavy (non-hydrogen) atoms. The van der Waals surface area contributed by atoms with Gasteiger partial charge in [-0.3, -0.25) is 0 Å². The van der Waals surface area contributed by atoms with E-state index >= 15 is 0 Å². The molecule has 0 heteroatoms. The number of hydrogen-bond donors (Lipinski definition) is 0. The topological polar surface area (TPSA) is 0 Å². The molecule has 0 saturated heterocycles. The van der Waals surface area contributed by atoms with Crippen molar-refractivity contribution >= 4 is 0 Å². The van der Waals surface area contributed by atoms with Gasteiger partial charge in [0.25, 0.3) is 0 Å². The van der Waals surface area contributed by atoms with Crippen LogP contribution in [0.15, 0.2) is 0 Å². The molecule has 0 amide bonds. The Labute approximate surface area is 70.4 Å². The minimum Gasteiger partial charge on any atom is -0.0654 e. The van der Waals surface area contributed by atoms with Gasteiger partial charge in [-0.15, -0.1) is 0 Å². The molecular weight excluding hydrogens is 132 g/mol. The van der Waals surface area contributed by atoms with E-state index < -0.39 is 0 Å². The van der Waals surface area contributed by atoms with Gasteiger partial charge >= 0.3 is 0 Å². The van der Waals surface area contributed by atoms with E-state index in [-0.39, 0.29) is 0 Å². The molecular formula is C11H20. The quantitative estimate of drug-likeness (QED) is 0.581. The van der Waals surface area contributed by atoms with Crippen LogP contribution in [-0.2, 0) is 0 Å². The highest BCUT2D eigenvalue weighted by atomic mass is 14.6. The molecule has 0 aromatic carbocycles. The molecule has 0 heterocycles. The van der Waals surface area contributed by atoms with E-state index in [4.69, 9.17) is 0 Å². The molecule has 0 bridgehead atoms. The molecule has 0 nitrogen and oxygen atoms in total. The second-order valence-electron chi connectivity index (χ2n) is 4.68. The first-order valence-corrected chi connectivity index (χ1v) is 5.33. The Bertz CT molecular complexity index is 139. The van der Waals surface area contributed by atoms with Crippen LogP contribution in [0.1, 0.15) is 46.0 Å². The van der Waals surface area contributed by atoms with E-state index in [1.54, 1.807) is 12.8 Å². The highest BCUT2D eigenvalue weighted by molar-refractivity contribution is 5.00. The summed E-state index contributed by atoms with van der Waals surface area (Å²) < 4.78 is 0. The van der Waals surface area contributed by atoms with E-state index in [9.17, 15) is 0 Å². The largest absolute Gasteiger partial charge is 0.0654 e. The normalized spacial score (nSPS) is 47.5. The monoisotopic (exact) mass is 152 g/mol. The summed E-state index contributed by atoms with van der Waals surface area (Å²) >= 11 is 0. The maximum absolute atomic E-state index is 2.45. The van der Waals surface area contributed by atoms with Gasteiger partial charge in [0.2, 0.25) is 0 Å². The van der Waals surface area contributed by atoms with Gasteiger partial charge in [-0.25, -0.2) is 0 Å². The predicted octanol–water partition coefficient (Wildman–Crippen LogP) is 3.47. The van der Waals surface area contributed by atoms with Crippen LogP contribution in [0, 0.1) is 23.7 Å². The molecule has 2 aliphatic rings. The van der Waals surface area contributed by atoms with Gasteiger partial charge in [-0.05, 0) is 36.5 Å². The van der Waals surface area contributed by atoms with E-state index in [1.807, 2.05) is 0 Å². The Morgan fingerprint density at radius 3 is 2.45 bits per heavy atom. The number of fused-ring (bicyclic) bond motifs is 1. The first-order valence-electron chi connectivity index (χ1n) is 5.33. The van der Waals surface area contributed by atoms with Crippen molar-refractivity contribution in [1.82, 2.24) is 0 Å². The van der Waals surface area contributed by atoms with Gasteiger partial charge in [-0.2, -0.15) is 0 Å². The van der Waals surface area contributed by atoms with Crippen molar-refractivity contribution < 1.29 is 0 Å². The average Bonchev–Trinajstić information content (AvgIpc) is 2.71. The summed E-state index contributed by atoms with van der Waals surface area (Å²) in [6, 6.07) is 0. The molecule has 0 aromatic rings. The molecule has 2 rings (SSSR count). The summed E-state index contributed by atoms with van der Waals surface area (Å²) in [5.41, 5.74) is 0. The second kappa shape index (κ2) is 2.80. The first kappa shape index (κ1) is 7.64. The molecule has 2 aliphatic carbocycles. The lowest BCUT2D eigenvalue weighted by Gasteiger charge is -2.11. The zero-order valence-corrected chi connectivity index (χ0v) is 7.84. The second-order valence-corrected chi connectivity index (χ2v) is 4.68. The summed E-state index contributed by atoms with van der Waals surface area (Å²) in [5.74, 6) is 4.55. The summed E-state index contributed by atoms with van der Waals surface area (Å²) in [5, 5.41) is 0. The Morgan fingerprint density at radius 1 is 1.18 bits per heavy atom. The lowest BCUT2D eigenvalue weighted by atomic mass is 9.94. The van der Waals surface area contributed by atoms with Gasteiger partial charge in [0.05, 0.1) is 0 Å². The smallest absolute Gasteiger partial charge is 0.0352 e. The van der Waals surface area contributed by atoms with Gasteiger partial charge < -0.3 is 0 Å². The fraction of sp³-hybridized carbons (Fsp3) is 1.00. The standard InChI is InChI=1S/C11H20/c1-3-4-5-9-6-8(2)10-7-11(9)10/h8-11H,3-7H2,1-2H3. The number of unbranched alkanes of at least 4 members (excludes halogenated alkanes) is 1. The van der Waals surface area contributed by atoms with Crippen LogP contribution in [0.4, 0.5) is 0 Å². The van der Waals surface area contributed by atoms with Crippen molar-refractivity contribution in [1.29, 1.82) is 0 Å². The Hall–Kier alpha value is 0. The first-order chi connectivity index (χ1) is 5.33. The van der Waals surface area contributed by atoms with Crippen LogP contribution in [0.3, 0.4) is 0 Å². The molecule has 2 saturated carbocycles. The van der Waals surface area contributed by atoms with E-state index in [0.29, 0.717) is 0 Å². The molecule has 0 radical (unpaired) electrons. The van der Waals surface area contributed by atoms with Crippen LogP contribution >= 0.6 is 0 Å². The molecule has 0 aromatic heterocycles. The minimum absolute atomic E-state index is 1.07. The predicted molar refractivity (Wildman–Crippen MR) is 48.4 cm³/mol. The zero-order chi connectivity index (χ0) is 7.84. The number of rotatable bonds is 3. The lowest BCUT2D eigenvalue weighted by Crippen LogP contribution is -2.00. The summed E-state index contributed by atoms with van der Waals surface area (Å²) in [6.45, 7) is 4.76. The highest BCUT2D eigenvalue weighted by Crippen LogP contribution is 2.59. The fourth-order valence-electron chi connectivity index (χ4n) is 3.06. The molecule has 64 valence electrons. The van der Waals surface area contributed by atoms with Gasteiger partial charge in [0.15, 0.2) is 0 Å². The Balaban J connectivity index is 1.78. The lowest BCUT2D eigenvalue weighted by molar-refractivity contribution is 0.397. The molecule has 4 unspecified atom stereocenters. The van der Waals surface area contributed by atoms with Crippen LogP contribution in [0.5, 0.6) is 0 Å². The summed E-state index contributed by atoms with van der Waals surface area (Å²) in [4.78, 5) is 0. The van der Waals surface area contributed by atoms with Crippen molar-refractivity contribution in [2.75, 3.05) is 0 Å². The average molecular weight is 152 g/mol. The van der Waals surface area contributed by atoms with Crippen LogP contribution < -0.4 is 0 Å². The maximum Gasteiger partial charge on any atom is -0.0352 e. The van der Waals surface area contributed by atoms with Crippen molar-refractivity contribution in [3.63, 3.8) is 0 Å². The molecule has 0 N–H and O–H groups in total.